The van der Waals surface area contributed by atoms with Gasteiger partial charge in [0.15, 0.2) is 5.82 Å². The van der Waals surface area contributed by atoms with Crippen molar-refractivity contribution < 1.29 is 4.42 Å². The van der Waals surface area contributed by atoms with Crippen molar-refractivity contribution in [1.82, 2.24) is 9.97 Å². The van der Waals surface area contributed by atoms with Crippen LogP contribution in [0.5, 0.6) is 0 Å². The number of fused-ring (bicyclic) bond motifs is 10. The van der Waals surface area contributed by atoms with Crippen LogP contribution in [0.1, 0.15) is 23.6 Å². The SMILES string of the molecule is CC1(c2ccccc2)c2ccccc2-c2c(-c3cc(-c4cccc(-c5ccc6oc7c(ccc8c9ccccc9ccc87)c6c5)c4)nc(-c4ccccc4)n3)cccc21. The number of furan rings is 1. The van der Waals surface area contributed by atoms with E-state index in [4.69, 9.17) is 14.4 Å². The van der Waals surface area contributed by atoms with Gasteiger partial charge in [0.2, 0.25) is 0 Å². The van der Waals surface area contributed by atoms with Gasteiger partial charge < -0.3 is 4.42 Å². The predicted octanol–water partition coefficient (Wildman–Crippen LogP) is 14.7. The lowest BCUT2D eigenvalue weighted by atomic mass is 9.74. The molecule has 12 rings (SSSR count). The maximum atomic E-state index is 6.58. The van der Waals surface area contributed by atoms with Gasteiger partial charge in [0.1, 0.15) is 11.2 Å². The third kappa shape index (κ3) is 5.15. The van der Waals surface area contributed by atoms with Crippen LogP contribution in [-0.4, -0.2) is 9.97 Å². The molecule has 0 N–H and O–H groups in total. The molecule has 1 aliphatic carbocycles. The molecule has 59 heavy (non-hydrogen) atoms. The molecule has 0 saturated carbocycles. The molecule has 3 heteroatoms. The minimum absolute atomic E-state index is 0.307. The molecule has 0 saturated heterocycles. The van der Waals surface area contributed by atoms with Crippen LogP contribution in [0.3, 0.4) is 0 Å². The summed E-state index contributed by atoms with van der Waals surface area (Å²) in [6.07, 6.45) is 0. The fraction of sp³-hybridized carbons (Fsp3) is 0.0357. The molecule has 0 amide bonds. The van der Waals surface area contributed by atoms with E-state index in [1.54, 1.807) is 0 Å². The average Bonchev–Trinajstić information content (AvgIpc) is 3.82. The zero-order valence-electron chi connectivity index (χ0n) is 32.4. The Balaban J connectivity index is 1.01. The van der Waals surface area contributed by atoms with Gasteiger partial charge in [-0.2, -0.15) is 0 Å². The molecule has 1 atom stereocenters. The molecule has 3 nitrogen and oxygen atoms in total. The van der Waals surface area contributed by atoms with Crippen molar-refractivity contribution in [2.45, 2.75) is 12.3 Å². The number of rotatable bonds is 5. The number of nitrogens with zero attached hydrogens (tertiary/aromatic N) is 2. The molecule has 9 aromatic carbocycles. The second-order valence-corrected chi connectivity index (χ2v) is 15.8. The standard InChI is InChI=1S/C56H36N2O/c1-56(40-19-6-3-7-20-40)48-24-11-10-22-45(48)53-46(23-13-25-49(53)56)51-34-50(57-55(58-51)36-15-4-2-5-16-36)39-18-12-17-37(32-39)38-27-31-52-47(33-38)44-30-29-42-41-21-9-8-14-35(41)26-28-43(42)54(44)59-52/h2-34H,1H3. The van der Waals surface area contributed by atoms with Gasteiger partial charge in [0.05, 0.1) is 11.4 Å². The Morgan fingerprint density at radius 1 is 0.407 bits per heavy atom. The molecule has 2 heterocycles. The topological polar surface area (TPSA) is 38.9 Å². The molecule has 0 bridgehead atoms. The zero-order valence-corrected chi connectivity index (χ0v) is 32.4. The van der Waals surface area contributed by atoms with Gasteiger partial charge in [-0.1, -0.05) is 164 Å². The van der Waals surface area contributed by atoms with Crippen LogP contribution >= 0.6 is 0 Å². The van der Waals surface area contributed by atoms with Crippen molar-refractivity contribution in [2.75, 3.05) is 0 Å². The Bertz CT molecular complexity index is 3460. The molecule has 1 unspecified atom stereocenters. The van der Waals surface area contributed by atoms with Gasteiger partial charge >= 0.3 is 0 Å². The Kier molecular flexibility index (Phi) is 7.36. The number of aromatic nitrogens is 2. The highest BCUT2D eigenvalue weighted by atomic mass is 16.3. The highest BCUT2D eigenvalue weighted by Gasteiger charge is 2.41. The predicted molar refractivity (Wildman–Crippen MR) is 243 cm³/mol. The Morgan fingerprint density at radius 3 is 1.95 bits per heavy atom. The van der Waals surface area contributed by atoms with Gasteiger partial charge in [-0.3, -0.25) is 0 Å². The first-order valence-corrected chi connectivity index (χ1v) is 20.2. The summed E-state index contributed by atoms with van der Waals surface area (Å²) < 4.78 is 6.58. The van der Waals surface area contributed by atoms with Gasteiger partial charge in [-0.25, -0.2) is 9.97 Å². The minimum Gasteiger partial charge on any atom is -0.455 e. The first kappa shape index (κ1) is 33.5. The van der Waals surface area contributed by atoms with Crippen LogP contribution in [-0.2, 0) is 5.41 Å². The second kappa shape index (κ2) is 13.0. The summed E-state index contributed by atoms with van der Waals surface area (Å²) in [7, 11) is 0. The molecule has 1 aliphatic rings. The third-order valence-electron chi connectivity index (χ3n) is 12.6. The molecular weight excluding hydrogens is 717 g/mol. The number of hydrogen-bond donors (Lipinski definition) is 0. The molecule has 0 fully saturated rings. The third-order valence-corrected chi connectivity index (χ3v) is 12.6. The fourth-order valence-electron chi connectivity index (χ4n) is 9.65. The van der Waals surface area contributed by atoms with Gasteiger partial charge in [0.25, 0.3) is 0 Å². The van der Waals surface area contributed by atoms with Gasteiger partial charge in [0, 0.05) is 38.3 Å². The van der Waals surface area contributed by atoms with E-state index in [-0.39, 0.29) is 5.41 Å². The molecule has 2 aromatic heterocycles. The van der Waals surface area contributed by atoms with E-state index in [2.05, 4.69) is 189 Å². The molecule has 0 aliphatic heterocycles. The molecular formula is C56H36N2O. The van der Waals surface area contributed by atoms with E-state index in [1.165, 1.54) is 44.0 Å². The molecule has 0 radical (unpaired) electrons. The van der Waals surface area contributed by atoms with E-state index >= 15 is 0 Å². The first-order chi connectivity index (χ1) is 29.1. The fourth-order valence-corrected chi connectivity index (χ4v) is 9.65. The summed E-state index contributed by atoms with van der Waals surface area (Å²) in [6.45, 7) is 2.36. The number of hydrogen-bond acceptors (Lipinski definition) is 3. The lowest BCUT2D eigenvalue weighted by Crippen LogP contribution is -2.22. The quantitative estimate of drug-likeness (QED) is 0.164. The van der Waals surface area contributed by atoms with E-state index in [0.717, 1.165) is 66.5 Å². The maximum absolute atomic E-state index is 6.58. The Hall–Kier alpha value is -7.62. The summed E-state index contributed by atoms with van der Waals surface area (Å²) >= 11 is 0. The van der Waals surface area contributed by atoms with E-state index in [1.807, 2.05) is 18.2 Å². The number of benzene rings is 9. The van der Waals surface area contributed by atoms with Gasteiger partial charge in [-0.15, -0.1) is 0 Å². The highest BCUT2D eigenvalue weighted by Crippen LogP contribution is 2.55. The maximum Gasteiger partial charge on any atom is 0.160 e. The lowest BCUT2D eigenvalue weighted by molar-refractivity contribution is 0.673. The smallest absolute Gasteiger partial charge is 0.160 e. The van der Waals surface area contributed by atoms with E-state index < -0.39 is 0 Å². The summed E-state index contributed by atoms with van der Waals surface area (Å²) in [5, 5.41) is 7.03. The van der Waals surface area contributed by atoms with Crippen LogP contribution in [0.2, 0.25) is 0 Å². The van der Waals surface area contributed by atoms with E-state index in [0.29, 0.717) is 5.82 Å². The van der Waals surface area contributed by atoms with E-state index in [9.17, 15) is 0 Å². The summed E-state index contributed by atoms with van der Waals surface area (Å²) in [4.78, 5) is 10.6. The normalized spacial score (nSPS) is 14.6. The largest absolute Gasteiger partial charge is 0.455 e. The molecule has 276 valence electrons. The van der Waals surface area contributed by atoms with Crippen molar-refractivity contribution in [2.24, 2.45) is 0 Å². The van der Waals surface area contributed by atoms with Crippen molar-refractivity contribution in [3.63, 3.8) is 0 Å². The van der Waals surface area contributed by atoms with Crippen molar-refractivity contribution in [3.05, 3.63) is 217 Å². The highest BCUT2D eigenvalue weighted by molar-refractivity contribution is 6.20. The molecule has 11 aromatic rings. The molecule has 0 spiro atoms. The van der Waals surface area contributed by atoms with Gasteiger partial charge in [-0.05, 0) is 98.4 Å². The van der Waals surface area contributed by atoms with Crippen LogP contribution < -0.4 is 0 Å². The van der Waals surface area contributed by atoms with Crippen molar-refractivity contribution >= 4 is 43.5 Å². The van der Waals surface area contributed by atoms with Crippen molar-refractivity contribution in [1.29, 1.82) is 0 Å². The average molecular weight is 753 g/mol. The van der Waals surface area contributed by atoms with Crippen LogP contribution in [0.15, 0.2) is 205 Å². The monoisotopic (exact) mass is 752 g/mol. The lowest BCUT2D eigenvalue weighted by Gasteiger charge is -2.28. The van der Waals surface area contributed by atoms with Crippen LogP contribution in [0, 0.1) is 0 Å². The summed E-state index contributed by atoms with van der Waals surface area (Å²) in [5.41, 5.74) is 15.0. The van der Waals surface area contributed by atoms with Crippen LogP contribution in [0.25, 0.3) is 99.6 Å². The van der Waals surface area contributed by atoms with Crippen LogP contribution in [0.4, 0.5) is 0 Å². The Labute approximate surface area is 341 Å². The Morgan fingerprint density at radius 2 is 1.05 bits per heavy atom. The minimum atomic E-state index is -0.307. The summed E-state index contributed by atoms with van der Waals surface area (Å²) in [6, 6.07) is 71.5. The first-order valence-electron chi connectivity index (χ1n) is 20.2. The zero-order chi connectivity index (χ0) is 39.1. The second-order valence-electron chi connectivity index (χ2n) is 15.8. The van der Waals surface area contributed by atoms with Crippen molar-refractivity contribution in [3.8, 4) is 56.2 Å². The summed E-state index contributed by atoms with van der Waals surface area (Å²) in [5.74, 6) is 0.699.